The lowest BCUT2D eigenvalue weighted by Gasteiger charge is -2.17. The fourth-order valence-corrected chi connectivity index (χ4v) is 4.31. The Kier molecular flexibility index (Phi) is 39.3. The van der Waals surface area contributed by atoms with Crippen molar-refractivity contribution in [3.63, 3.8) is 0 Å². The summed E-state index contributed by atoms with van der Waals surface area (Å²) in [6.07, 6.45) is 19.3. The largest absolute Gasteiger partial charge is 0.453 e. The van der Waals surface area contributed by atoms with Gasteiger partial charge < -0.3 is 30.7 Å². The molecule has 0 aliphatic carbocycles. The summed E-state index contributed by atoms with van der Waals surface area (Å²) in [4.78, 5) is 45.7. The van der Waals surface area contributed by atoms with Crippen LogP contribution in [0.2, 0.25) is 0 Å². The summed E-state index contributed by atoms with van der Waals surface area (Å²) < 4.78 is 9.09. The Labute approximate surface area is 276 Å². The molecule has 0 aromatic heterocycles. The number of hydrogen-bond acceptors (Lipinski definition) is 6. The van der Waals surface area contributed by atoms with E-state index < -0.39 is 12.0 Å². The summed E-state index contributed by atoms with van der Waals surface area (Å²) in [7, 11) is 2.71. The molecule has 45 heavy (non-hydrogen) atoms. The maximum absolute atomic E-state index is 11.8. The van der Waals surface area contributed by atoms with Gasteiger partial charge in [-0.25, -0.2) is 9.59 Å². The molecular weight excluding hydrogens is 572 g/mol. The van der Waals surface area contributed by atoms with Crippen LogP contribution in [0.15, 0.2) is 0 Å². The van der Waals surface area contributed by atoms with E-state index >= 15 is 0 Å². The van der Waals surface area contributed by atoms with Crippen LogP contribution in [-0.4, -0.2) is 63.9 Å². The van der Waals surface area contributed by atoms with Crippen molar-refractivity contribution in [2.75, 3.05) is 33.9 Å². The molecule has 0 bridgehead atoms. The van der Waals surface area contributed by atoms with Crippen molar-refractivity contribution in [2.24, 2.45) is 5.92 Å². The first kappa shape index (κ1) is 46.9. The van der Waals surface area contributed by atoms with Crippen LogP contribution in [0.3, 0.4) is 0 Å². The van der Waals surface area contributed by atoms with Crippen LogP contribution in [0, 0.1) is 5.92 Å². The first-order chi connectivity index (χ1) is 21.7. The van der Waals surface area contributed by atoms with Crippen molar-refractivity contribution >= 4 is 24.0 Å². The zero-order chi connectivity index (χ0) is 34.6. The van der Waals surface area contributed by atoms with Crippen LogP contribution in [0.25, 0.3) is 0 Å². The topological polar surface area (TPSA) is 135 Å². The summed E-state index contributed by atoms with van der Waals surface area (Å²) in [6.45, 7) is 14.6. The van der Waals surface area contributed by atoms with Crippen LogP contribution in [-0.2, 0) is 19.1 Å². The molecule has 0 radical (unpaired) electrons. The van der Waals surface area contributed by atoms with Gasteiger partial charge in [0.2, 0.25) is 11.8 Å². The van der Waals surface area contributed by atoms with E-state index in [1.54, 1.807) is 0 Å². The van der Waals surface area contributed by atoms with Gasteiger partial charge in [-0.1, -0.05) is 112 Å². The molecule has 0 rings (SSSR count). The fourth-order valence-electron chi connectivity index (χ4n) is 4.31. The van der Waals surface area contributed by atoms with Gasteiger partial charge in [-0.2, -0.15) is 0 Å². The Morgan fingerprint density at radius 3 is 1.36 bits per heavy atom. The van der Waals surface area contributed by atoms with Crippen LogP contribution < -0.4 is 21.3 Å². The second kappa shape index (κ2) is 37.7. The Bertz CT molecular complexity index is 667. The average molecular weight is 645 g/mol. The molecule has 4 N–H and O–H groups in total. The number of unbranched alkanes of at least 4 members (excludes halogenated alkanes) is 9. The molecule has 0 aromatic rings. The normalized spacial score (nSPS) is 10.8. The molecule has 1 atom stereocenters. The number of ether oxygens (including phenoxy) is 2. The van der Waals surface area contributed by atoms with Crippen molar-refractivity contribution in [1.82, 2.24) is 21.3 Å². The Morgan fingerprint density at radius 1 is 0.467 bits per heavy atom. The molecular formula is C35H72N4O6. The van der Waals surface area contributed by atoms with Gasteiger partial charge in [0.05, 0.1) is 14.2 Å². The molecule has 10 nitrogen and oxygen atoms in total. The van der Waals surface area contributed by atoms with Crippen molar-refractivity contribution in [3.05, 3.63) is 0 Å². The van der Waals surface area contributed by atoms with E-state index in [-0.39, 0.29) is 23.9 Å². The van der Waals surface area contributed by atoms with Crippen molar-refractivity contribution in [3.8, 4) is 0 Å². The van der Waals surface area contributed by atoms with Gasteiger partial charge in [0.1, 0.15) is 5.92 Å². The molecule has 268 valence electrons. The predicted octanol–water partition coefficient (Wildman–Crippen LogP) is 8.03. The first-order valence-electron chi connectivity index (χ1n) is 17.9. The van der Waals surface area contributed by atoms with Crippen LogP contribution in [0.4, 0.5) is 9.59 Å². The van der Waals surface area contributed by atoms with Gasteiger partial charge in [0, 0.05) is 25.7 Å². The Balaban J connectivity index is -0.000000624. The molecule has 0 heterocycles. The highest BCUT2D eigenvalue weighted by Gasteiger charge is 2.25. The molecule has 4 amide bonds. The third kappa shape index (κ3) is 34.2. The maximum Gasteiger partial charge on any atom is 0.407 e. The van der Waals surface area contributed by atoms with Gasteiger partial charge in [-0.05, 0) is 44.9 Å². The minimum Gasteiger partial charge on any atom is -0.453 e. The van der Waals surface area contributed by atoms with E-state index in [2.05, 4.69) is 58.4 Å². The zero-order valence-electron chi connectivity index (χ0n) is 30.5. The Hall–Kier alpha value is -2.52. The minimum absolute atomic E-state index is 0.131. The fraction of sp³-hybridized carbons (Fsp3) is 0.886. The van der Waals surface area contributed by atoms with Gasteiger partial charge in [-0.3, -0.25) is 9.59 Å². The number of nitrogens with one attached hydrogen (secondary N) is 4. The molecule has 0 aliphatic heterocycles. The quantitative estimate of drug-likeness (QED) is 0.0621. The lowest BCUT2D eigenvalue weighted by Crippen LogP contribution is -2.41. The van der Waals surface area contributed by atoms with Crippen molar-refractivity contribution in [2.45, 2.75) is 163 Å². The van der Waals surface area contributed by atoms with Gasteiger partial charge in [0.25, 0.3) is 0 Å². The number of alkyl carbamates (subject to hydrolysis) is 2. The van der Waals surface area contributed by atoms with Crippen LogP contribution >= 0.6 is 0 Å². The average Bonchev–Trinajstić information content (AvgIpc) is 3.05. The lowest BCUT2D eigenvalue weighted by atomic mass is 10.00. The van der Waals surface area contributed by atoms with E-state index in [4.69, 9.17) is 0 Å². The van der Waals surface area contributed by atoms with E-state index in [1.807, 2.05) is 13.8 Å². The molecule has 0 spiro atoms. The molecule has 10 heteroatoms. The Morgan fingerprint density at radius 2 is 0.911 bits per heavy atom. The number of hydrogen-bond donors (Lipinski definition) is 4. The number of methoxy groups -OCH3 is 2. The number of carbonyl (C=O) groups excluding carboxylic acids is 4. The van der Waals surface area contributed by atoms with Crippen molar-refractivity contribution in [1.29, 1.82) is 0 Å². The minimum atomic E-state index is -0.520. The summed E-state index contributed by atoms with van der Waals surface area (Å²) in [5.41, 5.74) is 0. The highest BCUT2D eigenvalue weighted by molar-refractivity contribution is 6.00. The van der Waals surface area contributed by atoms with Crippen LogP contribution in [0.5, 0.6) is 0 Å². The first-order valence-corrected chi connectivity index (χ1v) is 17.9. The SMILES string of the molecule is CCCCC(C(=O)NCCC)C(=O)NCCC.CCCCC(CCCCNC(=O)OC)NC(=O)OC.CCCCCCCCC. The van der Waals surface area contributed by atoms with Crippen LogP contribution in [0.1, 0.15) is 157 Å². The van der Waals surface area contributed by atoms with E-state index in [1.165, 1.54) is 59.2 Å². The molecule has 0 saturated heterocycles. The monoisotopic (exact) mass is 645 g/mol. The summed E-state index contributed by atoms with van der Waals surface area (Å²) in [6, 6.07) is 0.144. The lowest BCUT2D eigenvalue weighted by molar-refractivity contribution is -0.135. The number of rotatable bonds is 24. The van der Waals surface area contributed by atoms with Gasteiger partial charge >= 0.3 is 12.2 Å². The molecule has 0 aromatic carbocycles. The van der Waals surface area contributed by atoms with E-state index in [0.29, 0.717) is 26.1 Å². The van der Waals surface area contributed by atoms with Crippen molar-refractivity contribution < 1.29 is 28.7 Å². The molecule has 0 fully saturated rings. The third-order valence-electron chi connectivity index (χ3n) is 7.13. The second-order valence-corrected chi connectivity index (χ2v) is 11.4. The predicted molar refractivity (Wildman–Crippen MR) is 186 cm³/mol. The second-order valence-electron chi connectivity index (χ2n) is 11.4. The third-order valence-corrected chi connectivity index (χ3v) is 7.13. The molecule has 0 aliphatic rings. The summed E-state index contributed by atoms with van der Waals surface area (Å²) in [5.74, 6) is -0.782. The standard InChI is InChI=1S/C13H26N2O4.C13H26N2O2.C9H20/c1-4-5-8-11(15-13(17)19-3)9-6-7-10-14-12(16)18-2;1-4-7-8-11(12(16)14-9-5-2)13(17)15-10-6-3;1-3-5-7-9-8-6-4-2/h11H,4-10H2,1-3H3,(H,14,16)(H,15,17);11H,4-10H2,1-3H3,(H,14,16)(H,15,17);3-9H2,1-2H3. The summed E-state index contributed by atoms with van der Waals surface area (Å²) >= 11 is 0. The molecule has 1 unspecified atom stereocenters. The molecule has 0 saturated carbocycles. The van der Waals surface area contributed by atoms with Gasteiger partial charge in [0.15, 0.2) is 0 Å². The number of amides is 4. The highest BCUT2D eigenvalue weighted by Crippen LogP contribution is 2.10. The van der Waals surface area contributed by atoms with E-state index in [0.717, 1.165) is 64.2 Å². The zero-order valence-corrected chi connectivity index (χ0v) is 30.5. The highest BCUT2D eigenvalue weighted by atomic mass is 16.5. The van der Waals surface area contributed by atoms with Gasteiger partial charge in [-0.15, -0.1) is 0 Å². The maximum atomic E-state index is 11.8. The van der Waals surface area contributed by atoms with E-state index in [9.17, 15) is 19.2 Å². The summed E-state index contributed by atoms with van der Waals surface area (Å²) in [5, 5.41) is 11.1. The smallest absolute Gasteiger partial charge is 0.407 e. The number of carbonyl (C=O) groups is 4.